The van der Waals surface area contributed by atoms with Crippen LogP contribution in [0, 0.1) is 6.92 Å². The number of nitrogens with zero attached hydrogens (tertiary/aromatic N) is 1. The fraction of sp³-hybridized carbons (Fsp3) is 0.364. The molecule has 0 aliphatic carbocycles. The van der Waals surface area contributed by atoms with Crippen LogP contribution >= 0.6 is 22.9 Å². The van der Waals surface area contributed by atoms with Crippen molar-refractivity contribution in [1.29, 1.82) is 0 Å². The Labute approximate surface area is 121 Å². The Bertz CT molecular complexity index is 615. The predicted octanol–water partition coefficient (Wildman–Crippen LogP) is 2.34. The van der Waals surface area contributed by atoms with Gasteiger partial charge in [-0.15, -0.1) is 11.3 Å². The summed E-state index contributed by atoms with van der Waals surface area (Å²) in [7, 11) is -3.45. The summed E-state index contributed by atoms with van der Waals surface area (Å²) >= 11 is 6.95. The molecule has 2 aromatic heterocycles. The second kappa shape index (κ2) is 6.04. The van der Waals surface area contributed by atoms with Gasteiger partial charge in [0, 0.05) is 25.4 Å². The molecule has 0 bridgehead atoms. The van der Waals surface area contributed by atoms with Gasteiger partial charge < -0.3 is 4.98 Å². The topological polar surface area (TPSA) is 74.8 Å². The first-order valence-electron chi connectivity index (χ1n) is 5.73. The number of thiophene rings is 1. The summed E-state index contributed by atoms with van der Waals surface area (Å²) in [5, 5.41) is 0. The molecule has 0 aliphatic rings. The third-order valence-corrected chi connectivity index (χ3v) is 6.03. The quantitative estimate of drug-likeness (QED) is 0.802. The average molecular weight is 320 g/mol. The van der Waals surface area contributed by atoms with Crippen LogP contribution in [0.1, 0.15) is 17.8 Å². The van der Waals surface area contributed by atoms with Crippen molar-refractivity contribution in [3.8, 4) is 0 Å². The summed E-state index contributed by atoms with van der Waals surface area (Å²) in [6.07, 6.45) is 4.82. The Balaban J connectivity index is 1.87. The zero-order chi connectivity index (χ0) is 13.9. The summed E-state index contributed by atoms with van der Waals surface area (Å²) in [5.74, 6) is 0.856. The van der Waals surface area contributed by atoms with E-state index in [2.05, 4.69) is 14.7 Å². The van der Waals surface area contributed by atoms with Crippen molar-refractivity contribution in [3.63, 3.8) is 0 Å². The van der Waals surface area contributed by atoms with Gasteiger partial charge in [0.2, 0.25) is 10.0 Å². The molecular weight excluding hydrogens is 306 g/mol. The maximum atomic E-state index is 12.0. The normalized spacial score (nSPS) is 11.9. The van der Waals surface area contributed by atoms with Crippen LogP contribution in [0.5, 0.6) is 0 Å². The molecule has 0 fully saturated rings. The highest BCUT2D eigenvalue weighted by atomic mass is 35.5. The van der Waals surface area contributed by atoms with Gasteiger partial charge in [0.1, 0.15) is 10.0 Å². The van der Waals surface area contributed by atoms with Gasteiger partial charge in [-0.1, -0.05) is 11.6 Å². The molecule has 8 heteroatoms. The number of aryl methyl sites for hydroxylation is 2. The maximum Gasteiger partial charge on any atom is 0.250 e. The van der Waals surface area contributed by atoms with Crippen LogP contribution < -0.4 is 4.72 Å². The van der Waals surface area contributed by atoms with Gasteiger partial charge >= 0.3 is 0 Å². The van der Waals surface area contributed by atoms with E-state index < -0.39 is 10.0 Å². The monoisotopic (exact) mass is 319 g/mol. The van der Waals surface area contributed by atoms with Crippen molar-refractivity contribution in [2.75, 3.05) is 6.54 Å². The number of H-pyrrole nitrogens is 1. The zero-order valence-electron chi connectivity index (χ0n) is 10.3. The summed E-state index contributed by atoms with van der Waals surface area (Å²) < 4.78 is 27.3. The number of imidazole rings is 1. The minimum absolute atomic E-state index is 0.257. The van der Waals surface area contributed by atoms with Crippen molar-refractivity contribution >= 4 is 33.0 Å². The van der Waals surface area contributed by atoms with Gasteiger partial charge in [-0.3, -0.25) is 0 Å². The van der Waals surface area contributed by atoms with E-state index >= 15 is 0 Å². The van der Waals surface area contributed by atoms with Gasteiger partial charge in [0.05, 0.1) is 4.34 Å². The van der Waals surface area contributed by atoms with Crippen LogP contribution in [0.25, 0.3) is 0 Å². The van der Waals surface area contributed by atoms with E-state index in [1.165, 1.54) is 0 Å². The molecule has 0 radical (unpaired) electrons. The molecule has 0 aliphatic heterocycles. The number of aromatic nitrogens is 2. The van der Waals surface area contributed by atoms with E-state index in [9.17, 15) is 8.42 Å². The molecule has 0 atom stereocenters. The number of aromatic amines is 1. The minimum Gasteiger partial charge on any atom is -0.349 e. The number of halogens is 1. The smallest absolute Gasteiger partial charge is 0.250 e. The molecule has 0 saturated heterocycles. The summed E-state index contributed by atoms with van der Waals surface area (Å²) in [6.45, 7) is 2.16. The van der Waals surface area contributed by atoms with Gasteiger partial charge in [-0.2, -0.15) is 0 Å². The van der Waals surface area contributed by atoms with Crippen LogP contribution in [-0.2, 0) is 16.4 Å². The van der Waals surface area contributed by atoms with E-state index in [0.717, 1.165) is 22.7 Å². The molecule has 2 N–H and O–H groups in total. The standard InChI is InChI=1S/C11H14ClN3O2S2/c1-8-7-10(18-11(8)12)19(16,17)15-4-2-3-9-13-5-6-14-9/h5-7,15H,2-4H2,1H3,(H,13,14). The van der Waals surface area contributed by atoms with Crippen molar-refractivity contribution < 1.29 is 8.42 Å². The molecule has 5 nitrogen and oxygen atoms in total. The Kier molecular flexibility index (Phi) is 4.62. The molecule has 0 unspecified atom stereocenters. The van der Waals surface area contributed by atoms with Gasteiger partial charge in [0.15, 0.2) is 0 Å². The molecule has 0 spiro atoms. The molecule has 104 valence electrons. The van der Waals surface area contributed by atoms with Crippen LogP contribution in [-0.4, -0.2) is 24.9 Å². The third-order valence-electron chi connectivity index (χ3n) is 2.54. The Morgan fingerprint density at radius 1 is 1.53 bits per heavy atom. The highest BCUT2D eigenvalue weighted by molar-refractivity contribution is 7.91. The van der Waals surface area contributed by atoms with Crippen molar-refractivity contribution in [2.45, 2.75) is 24.0 Å². The molecule has 0 amide bonds. The first kappa shape index (κ1) is 14.5. The zero-order valence-corrected chi connectivity index (χ0v) is 12.7. The first-order valence-corrected chi connectivity index (χ1v) is 8.40. The SMILES string of the molecule is Cc1cc(S(=O)(=O)NCCCc2ncc[nH]2)sc1Cl. The summed E-state index contributed by atoms with van der Waals surface area (Å²) in [4.78, 5) is 7.05. The van der Waals surface area contributed by atoms with Crippen LogP contribution in [0.15, 0.2) is 22.7 Å². The molecule has 0 aromatic carbocycles. The lowest BCUT2D eigenvalue weighted by Gasteiger charge is -2.03. The Morgan fingerprint density at radius 2 is 2.32 bits per heavy atom. The van der Waals surface area contributed by atoms with Gasteiger partial charge in [0.25, 0.3) is 0 Å². The highest BCUT2D eigenvalue weighted by Crippen LogP contribution is 2.29. The highest BCUT2D eigenvalue weighted by Gasteiger charge is 2.17. The summed E-state index contributed by atoms with van der Waals surface area (Å²) in [5.41, 5.74) is 0.780. The molecular formula is C11H14ClN3O2S2. The second-order valence-electron chi connectivity index (χ2n) is 4.06. The number of nitrogens with one attached hydrogen (secondary N) is 2. The van der Waals surface area contributed by atoms with E-state index in [4.69, 9.17) is 11.6 Å². The average Bonchev–Trinajstić information content (AvgIpc) is 2.96. The number of hydrogen-bond acceptors (Lipinski definition) is 4. The fourth-order valence-corrected chi connectivity index (χ4v) is 4.36. The molecule has 2 heterocycles. The van der Waals surface area contributed by atoms with Gasteiger partial charge in [-0.05, 0) is 25.0 Å². The first-order chi connectivity index (χ1) is 8.99. The maximum absolute atomic E-state index is 12.0. The lowest BCUT2D eigenvalue weighted by atomic mass is 10.3. The minimum atomic E-state index is -3.45. The van der Waals surface area contributed by atoms with Crippen LogP contribution in [0.3, 0.4) is 0 Å². The predicted molar refractivity (Wildman–Crippen MR) is 76.2 cm³/mol. The third kappa shape index (κ3) is 3.79. The Morgan fingerprint density at radius 3 is 2.89 bits per heavy atom. The van der Waals surface area contributed by atoms with E-state index in [1.807, 2.05) is 0 Å². The van der Waals surface area contributed by atoms with Crippen molar-refractivity contribution in [1.82, 2.24) is 14.7 Å². The second-order valence-corrected chi connectivity index (χ2v) is 7.71. The molecule has 2 rings (SSSR count). The fourth-order valence-electron chi connectivity index (χ4n) is 1.53. The van der Waals surface area contributed by atoms with Crippen molar-refractivity contribution in [2.24, 2.45) is 0 Å². The number of hydrogen-bond donors (Lipinski definition) is 2. The van der Waals surface area contributed by atoms with Gasteiger partial charge in [-0.25, -0.2) is 18.1 Å². The molecule has 19 heavy (non-hydrogen) atoms. The lowest BCUT2D eigenvalue weighted by Crippen LogP contribution is -2.24. The number of sulfonamides is 1. The van der Waals surface area contributed by atoms with Crippen molar-refractivity contribution in [3.05, 3.63) is 34.2 Å². The molecule has 0 saturated carbocycles. The number of rotatable bonds is 6. The lowest BCUT2D eigenvalue weighted by molar-refractivity contribution is 0.580. The van der Waals surface area contributed by atoms with E-state index in [-0.39, 0.29) is 4.21 Å². The van der Waals surface area contributed by atoms with E-state index in [0.29, 0.717) is 23.7 Å². The largest absolute Gasteiger partial charge is 0.349 e. The summed E-state index contributed by atoms with van der Waals surface area (Å²) in [6, 6.07) is 1.59. The van der Waals surface area contributed by atoms with Crippen LogP contribution in [0.2, 0.25) is 4.34 Å². The van der Waals surface area contributed by atoms with Crippen LogP contribution in [0.4, 0.5) is 0 Å². The molecule has 2 aromatic rings. The Hall–Kier alpha value is -0.890. The van der Waals surface area contributed by atoms with E-state index in [1.54, 1.807) is 25.4 Å².